The van der Waals surface area contributed by atoms with Crippen molar-refractivity contribution in [3.63, 3.8) is 0 Å². The summed E-state index contributed by atoms with van der Waals surface area (Å²) in [5, 5.41) is 4.99. The zero-order valence-corrected chi connectivity index (χ0v) is 18.3. The van der Waals surface area contributed by atoms with Crippen LogP contribution in [0.2, 0.25) is 0 Å². The molecule has 10 heteroatoms. The SMILES string of the molecule is C=CC(=O)N(CCn1nc(-c2cc(F)cc(OC)c2)c2c(N)ncnc21)C(=O)c1ccccc1. The summed E-state index contributed by atoms with van der Waals surface area (Å²) in [5.41, 5.74) is 7.61. The Morgan fingerprint density at radius 2 is 1.97 bits per heavy atom. The van der Waals surface area contributed by atoms with Gasteiger partial charge >= 0.3 is 0 Å². The second kappa shape index (κ2) is 9.49. The van der Waals surface area contributed by atoms with Gasteiger partial charge in [-0.15, -0.1) is 0 Å². The fraction of sp³-hybridized carbons (Fsp3) is 0.125. The average Bonchev–Trinajstić information content (AvgIpc) is 3.24. The Morgan fingerprint density at radius 1 is 1.21 bits per heavy atom. The summed E-state index contributed by atoms with van der Waals surface area (Å²) in [5.74, 6) is -1.05. The Kier molecular flexibility index (Phi) is 6.30. The maximum Gasteiger partial charge on any atom is 0.260 e. The van der Waals surface area contributed by atoms with E-state index >= 15 is 0 Å². The molecule has 0 bridgehead atoms. The van der Waals surface area contributed by atoms with Crippen LogP contribution in [0.3, 0.4) is 0 Å². The number of nitrogens with two attached hydrogens (primary N) is 1. The Bertz CT molecular complexity index is 1390. The van der Waals surface area contributed by atoms with Gasteiger partial charge in [-0.3, -0.25) is 14.5 Å². The lowest BCUT2D eigenvalue weighted by Gasteiger charge is -2.19. The van der Waals surface area contributed by atoms with Gasteiger partial charge in [-0.05, 0) is 30.3 Å². The second-order valence-corrected chi connectivity index (χ2v) is 7.27. The summed E-state index contributed by atoms with van der Waals surface area (Å²) < 4.78 is 20.8. The van der Waals surface area contributed by atoms with E-state index in [1.165, 1.54) is 30.3 Å². The molecule has 0 spiro atoms. The summed E-state index contributed by atoms with van der Waals surface area (Å²) in [6.45, 7) is 3.59. The normalized spacial score (nSPS) is 10.8. The molecule has 2 aromatic carbocycles. The van der Waals surface area contributed by atoms with Gasteiger partial charge in [0.15, 0.2) is 5.65 Å². The first-order valence-corrected chi connectivity index (χ1v) is 10.3. The van der Waals surface area contributed by atoms with Gasteiger partial charge in [-0.2, -0.15) is 5.10 Å². The van der Waals surface area contributed by atoms with Crippen LogP contribution in [-0.4, -0.2) is 50.1 Å². The quantitative estimate of drug-likeness (QED) is 0.421. The van der Waals surface area contributed by atoms with Crippen molar-refractivity contribution in [2.24, 2.45) is 0 Å². The lowest BCUT2D eigenvalue weighted by atomic mass is 10.1. The van der Waals surface area contributed by atoms with E-state index in [1.54, 1.807) is 36.4 Å². The number of hydrogen-bond acceptors (Lipinski definition) is 7. The Hall–Kier alpha value is -4.60. The molecule has 0 fully saturated rings. The summed E-state index contributed by atoms with van der Waals surface area (Å²) in [6.07, 6.45) is 2.36. The highest BCUT2D eigenvalue weighted by atomic mass is 19.1. The van der Waals surface area contributed by atoms with Gasteiger partial charge in [-0.25, -0.2) is 19.0 Å². The smallest absolute Gasteiger partial charge is 0.260 e. The number of amides is 2. The third-order valence-electron chi connectivity index (χ3n) is 5.18. The van der Waals surface area contributed by atoms with Crippen molar-refractivity contribution >= 4 is 28.7 Å². The van der Waals surface area contributed by atoms with Crippen molar-refractivity contribution in [1.82, 2.24) is 24.6 Å². The number of aromatic nitrogens is 4. The zero-order valence-electron chi connectivity index (χ0n) is 18.3. The standard InChI is InChI=1S/C24H21FN6O3/c1-3-19(32)30(24(33)15-7-5-4-6-8-15)9-10-31-23-20(22(26)27-14-28-23)21(29-31)16-11-17(25)13-18(12-16)34-2/h3-8,11-14H,1,9-10H2,2H3,(H2,26,27,28). The maximum absolute atomic E-state index is 14.2. The number of rotatable bonds is 7. The van der Waals surface area contributed by atoms with Crippen LogP contribution >= 0.6 is 0 Å². The molecule has 0 unspecified atom stereocenters. The molecule has 9 nitrogen and oxygen atoms in total. The number of nitrogen functional groups attached to an aromatic ring is 1. The first-order chi connectivity index (χ1) is 16.4. The molecule has 2 amide bonds. The molecule has 0 aliphatic carbocycles. The van der Waals surface area contributed by atoms with E-state index in [-0.39, 0.29) is 18.9 Å². The van der Waals surface area contributed by atoms with Crippen molar-refractivity contribution in [3.8, 4) is 17.0 Å². The average molecular weight is 460 g/mol. The third-order valence-corrected chi connectivity index (χ3v) is 5.18. The molecule has 0 radical (unpaired) electrons. The lowest BCUT2D eigenvalue weighted by Crippen LogP contribution is -2.38. The van der Waals surface area contributed by atoms with Gasteiger partial charge in [0.2, 0.25) is 0 Å². The molecular formula is C24H21FN6O3. The highest BCUT2D eigenvalue weighted by molar-refractivity contribution is 6.07. The minimum atomic E-state index is -0.547. The molecule has 34 heavy (non-hydrogen) atoms. The molecule has 2 aromatic heterocycles. The highest BCUT2D eigenvalue weighted by Crippen LogP contribution is 2.32. The number of halogens is 1. The van der Waals surface area contributed by atoms with Gasteiger partial charge in [-0.1, -0.05) is 24.8 Å². The highest BCUT2D eigenvalue weighted by Gasteiger charge is 2.23. The van der Waals surface area contributed by atoms with Crippen molar-refractivity contribution in [2.75, 3.05) is 19.4 Å². The van der Waals surface area contributed by atoms with E-state index < -0.39 is 17.6 Å². The van der Waals surface area contributed by atoms with Crippen LogP contribution in [0.25, 0.3) is 22.3 Å². The fourth-order valence-electron chi connectivity index (χ4n) is 3.56. The molecule has 4 aromatic rings. The number of nitrogens with zero attached hydrogens (tertiary/aromatic N) is 5. The minimum Gasteiger partial charge on any atom is -0.497 e. The van der Waals surface area contributed by atoms with E-state index in [1.807, 2.05) is 0 Å². The number of ether oxygens (including phenoxy) is 1. The number of benzene rings is 2. The monoisotopic (exact) mass is 460 g/mol. The Labute approximate surface area is 194 Å². The fourth-order valence-corrected chi connectivity index (χ4v) is 3.56. The van der Waals surface area contributed by atoms with Crippen LogP contribution in [0, 0.1) is 5.82 Å². The first kappa shape index (κ1) is 22.6. The van der Waals surface area contributed by atoms with Crippen molar-refractivity contribution in [3.05, 3.63) is 78.9 Å². The molecule has 0 aliphatic rings. The number of hydrogen-bond donors (Lipinski definition) is 1. The van der Waals surface area contributed by atoms with Gasteiger partial charge in [0.05, 0.1) is 19.0 Å². The molecule has 2 N–H and O–H groups in total. The molecule has 0 aliphatic heterocycles. The number of imide groups is 1. The zero-order chi connectivity index (χ0) is 24.2. The molecule has 0 atom stereocenters. The predicted molar refractivity (Wildman–Crippen MR) is 124 cm³/mol. The van der Waals surface area contributed by atoms with Crippen LogP contribution in [0.5, 0.6) is 5.75 Å². The minimum absolute atomic E-state index is 0.00875. The second-order valence-electron chi connectivity index (χ2n) is 7.27. The maximum atomic E-state index is 14.2. The number of carbonyl (C=O) groups excluding carboxylic acids is 2. The molecule has 172 valence electrons. The van der Waals surface area contributed by atoms with E-state index in [9.17, 15) is 14.0 Å². The summed E-state index contributed by atoms with van der Waals surface area (Å²) in [6, 6.07) is 12.6. The number of methoxy groups -OCH3 is 1. The molecule has 0 saturated heterocycles. The van der Waals surface area contributed by atoms with Gasteiger partial charge in [0.25, 0.3) is 11.8 Å². The van der Waals surface area contributed by atoms with Crippen molar-refractivity contribution < 1.29 is 18.7 Å². The van der Waals surface area contributed by atoms with Gasteiger partial charge < -0.3 is 10.5 Å². The largest absolute Gasteiger partial charge is 0.497 e. The Morgan fingerprint density at radius 3 is 2.68 bits per heavy atom. The van der Waals surface area contributed by atoms with Crippen LogP contribution in [0.4, 0.5) is 10.2 Å². The molecule has 0 saturated carbocycles. The van der Waals surface area contributed by atoms with Crippen LogP contribution in [0.15, 0.2) is 67.5 Å². The van der Waals surface area contributed by atoms with Crippen LogP contribution < -0.4 is 10.5 Å². The summed E-state index contributed by atoms with van der Waals surface area (Å²) in [7, 11) is 1.43. The number of carbonyl (C=O) groups is 2. The van der Waals surface area contributed by atoms with Crippen LogP contribution in [0.1, 0.15) is 10.4 Å². The summed E-state index contributed by atoms with van der Waals surface area (Å²) in [4.78, 5) is 34.8. The molecular weight excluding hydrogens is 439 g/mol. The van der Waals surface area contributed by atoms with Crippen LogP contribution in [-0.2, 0) is 11.3 Å². The van der Waals surface area contributed by atoms with Gasteiger partial charge in [0, 0.05) is 23.7 Å². The molecule has 2 heterocycles. The lowest BCUT2D eigenvalue weighted by molar-refractivity contribution is -0.123. The number of fused-ring (bicyclic) bond motifs is 1. The van der Waals surface area contributed by atoms with E-state index in [2.05, 4.69) is 21.6 Å². The summed E-state index contributed by atoms with van der Waals surface area (Å²) >= 11 is 0. The Balaban J connectivity index is 1.73. The van der Waals surface area contributed by atoms with E-state index in [0.29, 0.717) is 33.6 Å². The first-order valence-electron chi connectivity index (χ1n) is 10.3. The molecule has 4 rings (SSSR count). The van der Waals surface area contributed by atoms with Crippen molar-refractivity contribution in [2.45, 2.75) is 6.54 Å². The predicted octanol–water partition coefficient (Wildman–Crippen LogP) is 3.08. The third kappa shape index (κ3) is 4.33. The van der Waals surface area contributed by atoms with E-state index in [4.69, 9.17) is 10.5 Å². The van der Waals surface area contributed by atoms with Crippen molar-refractivity contribution in [1.29, 1.82) is 0 Å². The topological polar surface area (TPSA) is 116 Å². The van der Waals surface area contributed by atoms with E-state index in [0.717, 1.165) is 11.0 Å². The van der Waals surface area contributed by atoms with Gasteiger partial charge in [0.1, 0.15) is 29.4 Å². The number of anilines is 1.